The first-order valence-electron chi connectivity index (χ1n) is 12.5. The highest BCUT2D eigenvalue weighted by atomic mass is 16.5. The molecule has 2 heterocycles. The highest BCUT2D eigenvalue weighted by Gasteiger charge is 2.19. The van der Waals surface area contributed by atoms with E-state index in [4.69, 9.17) is 28.9 Å². The number of nitrogens with one attached hydrogen (secondary N) is 1. The molecule has 0 atom stereocenters. The molecule has 0 amide bonds. The Bertz CT molecular complexity index is 1350. The van der Waals surface area contributed by atoms with Crippen LogP contribution in [0.25, 0.3) is 10.9 Å². The highest BCUT2D eigenvalue weighted by molar-refractivity contribution is 5.93. The van der Waals surface area contributed by atoms with Crippen LogP contribution in [0.3, 0.4) is 0 Å². The van der Waals surface area contributed by atoms with Gasteiger partial charge in [0, 0.05) is 41.8 Å². The van der Waals surface area contributed by atoms with Crippen molar-refractivity contribution in [3.05, 3.63) is 71.8 Å². The maximum absolute atomic E-state index is 6.07. The van der Waals surface area contributed by atoms with Gasteiger partial charge in [0.05, 0.1) is 39.6 Å². The van der Waals surface area contributed by atoms with E-state index in [9.17, 15) is 0 Å². The Hall–Kier alpha value is -4.04. The molecule has 1 aliphatic rings. The van der Waals surface area contributed by atoms with Gasteiger partial charge in [-0.15, -0.1) is 0 Å². The molecule has 1 aliphatic heterocycles. The first-order chi connectivity index (χ1) is 18.1. The van der Waals surface area contributed by atoms with Gasteiger partial charge >= 0.3 is 6.01 Å². The third-order valence-electron chi connectivity index (χ3n) is 6.39. The standard InChI is InChI=1S/C29H32N4O4/c1-20-7-9-22(10-8-20)30-23-11-12-25-24(19-23)28(33-14-17-36-18-15-33)32-29(31-25)37-16-13-21-5-4-6-26(34-2)27(21)35-3/h4-12,19,30H,13-18H2,1-3H3. The van der Waals surface area contributed by atoms with Crippen molar-refractivity contribution in [3.8, 4) is 17.5 Å². The molecule has 8 heteroatoms. The number of para-hydroxylation sites is 1. The summed E-state index contributed by atoms with van der Waals surface area (Å²) in [7, 11) is 3.28. The van der Waals surface area contributed by atoms with E-state index in [2.05, 4.69) is 47.5 Å². The van der Waals surface area contributed by atoms with E-state index >= 15 is 0 Å². The van der Waals surface area contributed by atoms with Crippen LogP contribution in [-0.4, -0.2) is 57.1 Å². The van der Waals surface area contributed by atoms with Crippen molar-refractivity contribution in [2.45, 2.75) is 13.3 Å². The molecule has 1 saturated heterocycles. The molecular weight excluding hydrogens is 468 g/mol. The number of methoxy groups -OCH3 is 2. The van der Waals surface area contributed by atoms with E-state index in [-0.39, 0.29) is 0 Å². The van der Waals surface area contributed by atoms with Crippen LogP contribution in [0.4, 0.5) is 17.2 Å². The van der Waals surface area contributed by atoms with E-state index in [1.54, 1.807) is 14.2 Å². The summed E-state index contributed by atoms with van der Waals surface area (Å²) in [6.45, 7) is 5.35. The predicted molar refractivity (Wildman–Crippen MR) is 146 cm³/mol. The number of aromatic nitrogens is 2. The van der Waals surface area contributed by atoms with Gasteiger partial charge in [-0.1, -0.05) is 29.8 Å². The molecule has 1 N–H and O–H groups in total. The van der Waals surface area contributed by atoms with Gasteiger partial charge in [0.2, 0.25) is 0 Å². The van der Waals surface area contributed by atoms with Crippen molar-refractivity contribution in [1.29, 1.82) is 0 Å². The minimum absolute atomic E-state index is 0.357. The number of hydrogen-bond donors (Lipinski definition) is 1. The van der Waals surface area contributed by atoms with Crippen LogP contribution in [0.2, 0.25) is 0 Å². The molecule has 4 aromatic rings. The fourth-order valence-corrected chi connectivity index (χ4v) is 4.46. The molecule has 0 spiro atoms. The van der Waals surface area contributed by atoms with Gasteiger partial charge in [-0.3, -0.25) is 0 Å². The number of benzene rings is 3. The smallest absolute Gasteiger partial charge is 0.318 e. The molecule has 0 aliphatic carbocycles. The highest BCUT2D eigenvalue weighted by Crippen LogP contribution is 2.32. The predicted octanol–water partition coefficient (Wildman–Crippen LogP) is 5.16. The van der Waals surface area contributed by atoms with E-state index in [1.165, 1.54) is 5.56 Å². The fourth-order valence-electron chi connectivity index (χ4n) is 4.46. The number of hydrogen-bond acceptors (Lipinski definition) is 8. The molecule has 0 saturated carbocycles. The summed E-state index contributed by atoms with van der Waals surface area (Å²) >= 11 is 0. The maximum Gasteiger partial charge on any atom is 0.318 e. The number of ether oxygens (including phenoxy) is 4. The number of nitrogens with zero attached hydrogens (tertiary/aromatic N) is 3. The van der Waals surface area contributed by atoms with Crippen molar-refractivity contribution in [2.75, 3.05) is 57.3 Å². The number of fused-ring (bicyclic) bond motifs is 1. The minimum Gasteiger partial charge on any atom is -0.493 e. The van der Waals surface area contributed by atoms with Crippen LogP contribution in [0.1, 0.15) is 11.1 Å². The monoisotopic (exact) mass is 500 g/mol. The average molecular weight is 501 g/mol. The molecular formula is C29H32N4O4. The molecule has 0 unspecified atom stereocenters. The topological polar surface area (TPSA) is 78.0 Å². The lowest BCUT2D eigenvalue weighted by molar-refractivity contribution is 0.122. The van der Waals surface area contributed by atoms with Gasteiger partial charge < -0.3 is 29.2 Å². The molecule has 8 nitrogen and oxygen atoms in total. The summed E-state index contributed by atoms with van der Waals surface area (Å²) < 4.78 is 22.6. The van der Waals surface area contributed by atoms with E-state index in [0.29, 0.717) is 38.0 Å². The normalized spacial score (nSPS) is 13.4. The van der Waals surface area contributed by atoms with Crippen LogP contribution in [0.5, 0.6) is 17.5 Å². The number of morpholine rings is 1. The zero-order valence-electron chi connectivity index (χ0n) is 21.5. The molecule has 192 valence electrons. The lowest BCUT2D eigenvalue weighted by atomic mass is 10.1. The van der Waals surface area contributed by atoms with Crippen molar-refractivity contribution in [3.63, 3.8) is 0 Å². The SMILES string of the molecule is COc1cccc(CCOc2nc(N3CCOCC3)c3cc(Nc4ccc(C)cc4)ccc3n2)c1OC. The lowest BCUT2D eigenvalue weighted by Crippen LogP contribution is -2.37. The zero-order chi connectivity index (χ0) is 25.6. The number of anilines is 3. The lowest BCUT2D eigenvalue weighted by Gasteiger charge is -2.29. The minimum atomic E-state index is 0.357. The summed E-state index contributed by atoms with van der Waals surface area (Å²) in [6.07, 6.45) is 0.633. The number of rotatable bonds is 9. The zero-order valence-corrected chi connectivity index (χ0v) is 21.5. The second-order valence-electron chi connectivity index (χ2n) is 8.90. The Labute approximate surface area is 217 Å². The summed E-state index contributed by atoms with van der Waals surface area (Å²) in [5, 5.41) is 4.46. The molecule has 3 aromatic carbocycles. The summed E-state index contributed by atoms with van der Waals surface area (Å²) in [6, 6.07) is 20.7. The Morgan fingerprint density at radius 3 is 2.46 bits per heavy atom. The Morgan fingerprint density at radius 1 is 0.919 bits per heavy atom. The van der Waals surface area contributed by atoms with Crippen LogP contribution in [-0.2, 0) is 11.2 Å². The van der Waals surface area contributed by atoms with Crippen LogP contribution in [0, 0.1) is 6.92 Å². The Balaban J connectivity index is 1.40. The van der Waals surface area contributed by atoms with Gasteiger partial charge in [-0.25, -0.2) is 0 Å². The van der Waals surface area contributed by atoms with Crippen molar-refractivity contribution >= 4 is 28.1 Å². The summed E-state index contributed by atoms with van der Waals surface area (Å²) in [4.78, 5) is 11.8. The average Bonchev–Trinajstić information content (AvgIpc) is 2.94. The fraction of sp³-hybridized carbons (Fsp3) is 0.310. The summed E-state index contributed by atoms with van der Waals surface area (Å²) in [5.41, 5.74) is 5.08. The Kier molecular flexibility index (Phi) is 7.56. The van der Waals surface area contributed by atoms with Crippen molar-refractivity contribution in [1.82, 2.24) is 9.97 Å². The second-order valence-corrected chi connectivity index (χ2v) is 8.90. The molecule has 5 rings (SSSR count). The second kappa shape index (κ2) is 11.3. The van der Waals surface area contributed by atoms with Crippen LogP contribution < -0.4 is 24.4 Å². The quantitative estimate of drug-likeness (QED) is 0.338. The molecule has 0 bridgehead atoms. The van der Waals surface area contributed by atoms with E-state index in [1.807, 2.05) is 30.3 Å². The third-order valence-corrected chi connectivity index (χ3v) is 6.39. The van der Waals surface area contributed by atoms with Gasteiger partial charge in [0.15, 0.2) is 11.5 Å². The van der Waals surface area contributed by atoms with E-state index < -0.39 is 0 Å². The van der Waals surface area contributed by atoms with Crippen LogP contribution in [0.15, 0.2) is 60.7 Å². The van der Waals surface area contributed by atoms with Crippen molar-refractivity contribution in [2.24, 2.45) is 0 Å². The third kappa shape index (κ3) is 5.70. The van der Waals surface area contributed by atoms with Crippen LogP contribution >= 0.6 is 0 Å². The first-order valence-corrected chi connectivity index (χ1v) is 12.5. The first kappa shape index (κ1) is 24.6. The van der Waals surface area contributed by atoms with Gasteiger partial charge in [-0.05, 0) is 43.3 Å². The maximum atomic E-state index is 6.07. The van der Waals surface area contributed by atoms with Gasteiger partial charge in [0.1, 0.15) is 5.82 Å². The number of aryl methyl sites for hydroxylation is 1. The van der Waals surface area contributed by atoms with Crippen molar-refractivity contribution < 1.29 is 18.9 Å². The van der Waals surface area contributed by atoms with Gasteiger partial charge in [-0.2, -0.15) is 9.97 Å². The molecule has 37 heavy (non-hydrogen) atoms. The summed E-state index contributed by atoms with van der Waals surface area (Å²) in [5.74, 6) is 2.28. The molecule has 1 fully saturated rings. The Morgan fingerprint density at radius 2 is 1.70 bits per heavy atom. The largest absolute Gasteiger partial charge is 0.493 e. The molecule has 1 aromatic heterocycles. The van der Waals surface area contributed by atoms with Gasteiger partial charge in [0.25, 0.3) is 0 Å². The van der Waals surface area contributed by atoms with E-state index in [0.717, 1.165) is 52.5 Å². The molecule has 0 radical (unpaired) electrons.